The number of hydrogen-bond donors (Lipinski definition) is 2. The van der Waals surface area contributed by atoms with Crippen LogP contribution in [0.4, 0.5) is 0 Å². The highest BCUT2D eigenvalue weighted by Gasteiger charge is 2.25. The van der Waals surface area contributed by atoms with Gasteiger partial charge < -0.3 is 19.7 Å². The standard InChI is InChI=1S/C13H15BrO5/c1-7(13(16)17)11(15)8-5-9(14)12-10(6-8)18-3-2-4-19-12/h5-7,11,15H,2-4H2,1H3,(H,16,17). The Bertz CT molecular complexity index is 488. The molecule has 1 aromatic rings. The first-order chi connectivity index (χ1) is 9.00. The molecule has 2 unspecified atom stereocenters. The summed E-state index contributed by atoms with van der Waals surface area (Å²) in [6.07, 6.45) is -0.309. The van der Waals surface area contributed by atoms with Gasteiger partial charge in [-0.3, -0.25) is 4.79 Å². The normalized spacial score (nSPS) is 17.4. The van der Waals surface area contributed by atoms with E-state index in [4.69, 9.17) is 14.6 Å². The summed E-state index contributed by atoms with van der Waals surface area (Å²) in [5, 5.41) is 19.0. The Labute approximate surface area is 119 Å². The lowest BCUT2D eigenvalue weighted by Crippen LogP contribution is -2.18. The fraction of sp³-hybridized carbons (Fsp3) is 0.462. The zero-order valence-corrected chi connectivity index (χ0v) is 12.0. The lowest BCUT2D eigenvalue weighted by molar-refractivity contribution is -0.145. The number of hydrogen-bond acceptors (Lipinski definition) is 4. The number of aliphatic hydroxyl groups excluding tert-OH is 1. The highest BCUT2D eigenvalue weighted by molar-refractivity contribution is 9.10. The van der Waals surface area contributed by atoms with E-state index < -0.39 is 18.0 Å². The predicted molar refractivity (Wildman–Crippen MR) is 71.5 cm³/mol. The summed E-state index contributed by atoms with van der Waals surface area (Å²) >= 11 is 3.36. The number of halogens is 1. The van der Waals surface area contributed by atoms with Crippen molar-refractivity contribution >= 4 is 21.9 Å². The second kappa shape index (κ2) is 5.79. The Morgan fingerprint density at radius 2 is 2.05 bits per heavy atom. The van der Waals surface area contributed by atoms with Crippen LogP contribution < -0.4 is 9.47 Å². The predicted octanol–water partition coefficient (Wildman–Crippen LogP) is 2.36. The molecule has 0 saturated carbocycles. The monoisotopic (exact) mass is 330 g/mol. The van der Waals surface area contributed by atoms with Gasteiger partial charge in [-0.2, -0.15) is 0 Å². The molecule has 104 valence electrons. The first-order valence-electron chi connectivity index (χ1n) is 6.00. The van der Waals surface area contributed by atoms with Crippen LogP contribution >= 0.6 is 15.9 Å². The van der Waals surface area contributed by atoms with Gasteiger partial charge in [0.1, 0.15) is 0 Å². The van der Waals surface area contributed by atoms with Gasteiger partial charge in [0.25, 0.3) is 0 Å². The van der Waals surface area contributed by atoms with Crippen molar-refractivity contribution in [2.45, 2.75) is 19.4 Å². The van der Waals surface area contributed by atoms with E-state index in [1.165, 1.54) is 6.92 Å². The number of benzene rings is 1. The second-order valence-corrected chi connectivity index (χ2v) is 5.31. The van der Waals surface area contributed by atoms with E-state index in [-0.39, 0.29) is 0 Å². The third-order valence-electron chi connectivity index (χ3n) is 3.03. The smallest absolute Gasteiger partial charge is 0.309 e. The van der Waals surface area contributed by atoms with Crippen LogP contribution in [0, 0.1) is 5.92 Å². The number of fused-ring (bicyclic) bond motifs is 1. The third-order valence-corrected chi connectivity index (χ3v) is 3.62. The number of carbonyl (C=O) groups is 1. The summed E-state index contributed by atoms with van der Waals surface area (Å²) < 4.78 is 11.8. The van der Waals surface area contributed by atoms with Gasteiger partial charge >= 0.3 is 5.97 Å². The molecule has 0 radical (unpaired) electrons. The molecule has 0 bridgehead atoms. The van der Waals surface area contributed by atoms with Gasteiger partial charge in [-0.15, -0.1) is 0 Å². The van der Waals surface area contributed by atoms with Gasteiger partial charge in [0.15, 0.2) is 11.5 Å². The van der Waals surface area contributed by atoms with E-state index in [1.807, 2.05) is 0 Å². The van der Waals surface area contributed by atoms with Crippen LogP contribution in [0.3, 0.4) is 0 Å². The van der Waals surface area contributed by atoms with Crippen molar-refractivity contribution in [1.82, 2.24) is 0 Å². The van der Waals surface area contributed by atoms with Crippen molar-refractivity contribution in [2.24, 2.45) is 5.92 Å². The quantitative estimate of drug-likeness (QED) is 0.889. The summed E-state index contributed by atoms with van der Waals surface area (Å²) in [4.78, 5) is 10.9. The zero-order valence-electron chi connectivity index (χ0n) is 10.4. The van der Waals surface area contributed by atoms with Crippen LogP contribution in [0.15, 0.2) is 16.6 Å². The maximum Gasteiger partial charge on any atom is 0.309 e. The van der Waals surface area contributed by atoms with E-state index in [0.717, 1.165) is 6.42 Å². The van der Waals surface area contributed by atoms with Crippen molar-refractivity contribution in [3.63, 3.8) is 0 Å². The average Bonchev–Trinajstić information content (AvgIpc) is 2.62. The van der Waals surface area contributed by atoms with Crippen LogP contribution in [0.2, 0.25) is 0 Å². The number of ether oxygens (including phenoxy) is 2. The molecule has 0 fully saturated rings. The molecule has 2 atom stereocenters. The third kappa shape index (κ3) is 3.01. The van der Waals surface area contributed by atoms with Gasteiger partial charge in [0.2, 0.25) is 0 Å². The fourth-order valence-corrected chi connectivity index (χ4v) is 2.42. The molecule has 5 nitrogen and oxygen atoms in total. The summed E-state index contributed by atoms with van der Waals surface area (Å²) in [7, 11) is 0. The van der Waals surface area contributed by atoms with E-state index in [2.05, 4.69) is 15.9 Å². The van der Waals surface area contributed by atoms with Gasteiger partial charge in [0.05, 0.1) is 29.7 Å². The van der Waals surface area contributed by atoms with E-state index in [9.17, 15) is 9.90 Å². The molecule has 0 saturated heterocycles. The first-order valence-corrected chi connectivity index (χ1v) is 6.80. The summed E-state index contributed by atoms with van der Waals surface area (Å²) in [6, 6.07) is 3.30. The molecule has 0 spiro atoms. The van der Waals surface area contributed by atoms with Gasteiger partial charge in [0, 0.05) is 6.42 Å². The average molecular weight is 331 g/mol. The molecular formula is C13H15BrO5. The molecule has 0 aliphatic carbocycles. The minimum Gasteiger partial charge on any atom is -0.490 e. The number of carboxylic acids is 1. The van der Waals surface area contributed by atoms with Crippen molar-refractivity contribution in [3.05, 3.63) is 22.2 Å². The Balaban J connectivity index is 2.35. The minimum absolute atomic E-state index is 0.492. The number of carboxylic acid groups (broad SMARTS) is 1. The maximum atomic E-state index is 10.9. The van der Waals surface area contributed by atoms with Gasteiger partial charge in [-0.05, 0) is 40.5 Å². The largest absolute Gasteiger partial charge is 0.490 e. The number of aliphatic carboxylic acids is 1. The number of aliphatic hydroxyl groups is 1. The molecule has 1 heterocycles. The highest BCUT2D eigenvalue weighted by Crippen LogP contribution is 2.40. The molecule has 19 heavy (non-hydrogen) atoms. The van der Waals surface area contributed by atoms with Crippen molar-refractivity contribution < 1.29 is 24.5 Å². The first kappa shape index (κ1) is 14.1. The molecule has 1 aliphatic heterocycles. The molecule has 2 rings (SSSR count). The van der Waals surface area contributed by atoms with Crippen LogP contribution in [-0.4, -0.2) is 29.4 Å². The van der Waals surface area contributed by atoms with Gasteiger partial charge in [-0.1, -0.05) is 0 Å². The van der Waals surface area contributed by atoms with Crippen LogP contribution in [0.5, 0.6) is 11.5 Å². The molecular weight excluding hydrogens is 316 g/mol. The minimum atomic E-state index is -1.09. The van der Waals surface area contributed by atoms with Crippen molar-refractivity contribution in [1.29, 1.82) is 0 Å². The van der Waals surface area contributed by atoms with E-state index >= 15 is 0 Å². The van der Waals surface area contributed by atoms with Crippen LogP contribution in [-0.2, 0) is 4.79 Å². The Morgan fingerprint density at radius 3 is 2.74 bits per heavy atom. The van der Waals surface area contributed by atoms with Crippen molar-refractivity contribution in [2.75, 3.05) is 13.2 Å². The van der Waals surface area contributed by atoms with E-state index in [0.29, 0.717) is 34.7 Å². The molecule has 0 aromatic heterocycles. The maximum absolute atomic E-state index is 10.9. The Kier molecular flexibility index (Phi) is 4.31. The lowest BCUT2D eigenvalue weighted by Gasteiger charge is -2.18. The topological polar surface area (TPSA) is 76.0 Å². The molecule has 1 aromatic carbocycles. The second-order valence-electron chi connectivity index (χ2n) is 4.45. The number of rotatable bonds is 3. The molecule has 0 amide bonds. The lowest BCUT2D eigenvalue weighted by atomic mass is 9.97. The zero-order chi connectivity index (χ0) is 14.0. The van der Waals surface area contributed by atoms with Gasteiger partial charge in [-0.25, -0.2) is 0 Å². The van der Waals surface area contributed by atoms with Crippen molar-refractivity contribution in [3.8, 4) is 11.5 Å². The molecule has 1 aliphatic rings. The Morgan fingerprint density at radius 1 is 1.37 bits per heavy atom. The molecule has 2 N–H and O–H groups in total. The van der Waals surface area contributed by atoms with Crippen LogP contribution in [0.1, 0.15) is 25.0 Å². The fourth-order valence-electron chi connectivity index (χ4n) is 1.85. The Hall–Kier alpha value is -1.27. The van der Waals surface area contributed by atoms with Crippen LogP contribution in [0.25, 0.3) is 0 Å². The summed E-state index contributed by atoms with van der Waals surface area (Å²) in [5.41, 5.74) is 0.492. The SMILES string of the molecule is CC(C(=O)O)C(O)c1cc(Br)c2c(c1)OCCCO2. The van der Waals surface area contributed by atoms with E-state index in [1.54, 1.807) is 12.1 Å². The highest BCUT2D eigenvalue weighted by atomic mass is 79.9. The summed E-state index contributed by atoms with van der Waals surface area (Å²) in [5.74, 6) is -0.817. The summed E-state index contributed by atoms with van der Waals surface area (Å²) in [6.45, 7) is 2.57. The molecule has 6 heteroatoms.